The van der Waals surface area contributed by atoms with E-state index < -0.39 is 10.9 Å². The van der Waals surface area contributed by atoms with Crippen LogP contribution in [0.15, 0.2) is 54.6 Å². The van der Waals surface area contributed by atoms with Gasteiger partial charge >= 0.3 is 0 Å². The van der Waals surface area contributed by atoms with E-state index >= 15 is 0 Å². The Labute approximate surface area is 182 Å². The van der Waals surface area contributed by atoms with E-state index in [1.165, 1.54) is 0 Å². The van der Waals surface area contributed by atoms with Gasteiger partial charge in [-0.15, -0.1) is 11.8 Å². The summed E-state index contributed by atoms with van der Waals surface area (Å²) < 4.78 is 0. The summed E-state index contributed by atoms with van der Waals surface area (Å²) in [5.41, 5.74) is 3.01. The molecule has 2 amide bonds. The first-order valence-electron chi connectivity index (χ1n) is 10.7. The van der Waals surface area contributed by atoms with E-state index in [9.17, 15) is 9.59 Å². The van der Waals surface area contributed by atoms with Crippen LogP contribution in [-0.2, 0) is 14.5 Å². The third-order valence-electron chi connectivity index (χ3n) is 6.09. The zero-order valence-corrected chi connectivity index (χ0v) is 18.6. The Morgan fingerprint density at radius 1 is 1.20 bits per heavy atom. The minimum Gasteiger partial charge on any atom is -0.369 e. The van der Waals surface area contributed by atoms with Crippen LogP contribution in [0.25, 0.3) is 0 Å². The average molecular weight is 424 g/mol. The molecular weight excluding hydrogens is 394 g/mol. The number of benzene rings is 2. The van der Waals surface area contributed by atoms with Crippen molar-refractivity contribution in [1.29, 1.82) is 0 Å². The van der Waals surface area contributed by atoms with Gasteiger partial charge in [-0.2, -0.15) is 0 Å². The van der Waals surface area contributed by atoms with Crippen LogP contribution in [0.3, 0.4) is 0 Å². The van der Waals surface area contributed by atoms with Crippen molar-refractivity contribution in [2.75, 3.05) is 22.5 Å². The Balaban J connectivity index is 1.51. The molecule has 0 bridgehead atoms. The lowest BCUT2D eigenvalue weighted by Crippen LogP contribution is -2.48. The molecule has 2 aromatic rings. The molecule has 0 aromatic heterocycles. The summed E-state index contributed by atoms with van der Waals surface area (Å²) in [7, 11) is 0. The first-order chi connectivity index (χ1) is 14.5. The minimum absolute atomic E-state index is 0.0647. The van der Waals surface area contributed by atoms with E-state index in [2.05, 4.69) is 43.1 Å². The third kappa shape index (κ3) is 3.58. The highest BCUT2D eigenvalue weighted by Crippen LogP contribution is 2.54. The normalized spacial score (nSPS) is 23.0. The molecule has 0 saturated carbocycles. The minimum atomic E-state index is -0.451. The predicted octanol–water partition coefficient (Wildman–Crippen LogP) is 4.45. The third-order valence-corrected chi connectivity index (χ3v) is 7.68. The number of hydrogen-bond donors (Lipinski definition) is 1. The highest BCUT2D eigenvalue weighted by Gasteiger charge is 2.56. The number of carbonyl (C=O) groups excluding carboxylic acids is 2. The lowest BCUT2D eigenvalue weighted by Gasteiger charge is -2.34. The fraction of sp³-hybridized carbons (Fsp3) is 0.417. The van der Waals surface area contributed by atoms with E-state index in [0.717, 1.165) is 29.9 Å². The van der Waals surface area contributed by atoms with Gasteiger partial charge in [0.15, 0.2) is 0 Å². The van der Waals surface area contributed by atoms with E-state index in [0.29, 0.717) is 18.2 Å². The van der Waals surface area contributed by atoms with Gasteiger partial charge in [-0.25, -0.2) is 0 Å². The molecular formula is C24H29N3O2S. The van der Waals surface area contributed by atoms with Crippen LogP contribution in [-0.4, -0.2) is 41.1 Å². The Morgan fingerprint density at radius 2 is 1.90 bits per heavy atom. The highest BCUT2D eigenvalue weighted by atomic mass is 32.2. The number of hydrogen-bond acceptors (Lipinski definition) is 4. The van der Waals surface area contributed by atoms with E-state index in [4.69, 9.17) is 0 Å². The molecule has 2 saturated heterocycles. The maximum absolute atomic E-state index is 13.1. The molecule has 2 aliphatic heterocycles. The summed E-state index contributed by atoms with van der Waals surface area (Å²) in [4.78, 5) is 29.6. The fourth-order valence-corrected chi connectivity index (χ4v) is 6.29. The summed E-state index contributed by atoms with van der Waals surface area (Å²) in [6, 6.07) is 18.0. The van der Waals surface area contributed by atoms with Crippen molar-refractivity contribution < 1.29 is 9.59 Å². The first kappa shape index (κ1) is 20.8. The molecule has 158 valence electrons. The van der Waals surface area contributed by atoms with Crippen molar-refractivity contribution in [3.05, 3.63) is 60.2 Å². The van der Waals surface area contributed by atoms with Crippen molar-refractivity contribution in [1.82, 2.24) is 4.90 Å². The van der Waals surface area contributed by atoms with Crippen molar-refractivity contribution in [3.8, 4) is 0 Å². The largest absolute Gasteiger partial charge is 0.369 e. The van der Waals surface area contributed by atoms with Crippen LogP contribution in [0.4, 0.5) is 11.4 Å². The Bertz CT molecular complexity index is 916. The van der Waals surface area contributed by atoms with Gasteiger partial charge in [0, 0.05) is 36.1 Å². The Hall–Kier alpha value is -2.47. The van der Waals surface area contributed by atoms with Crippen LogP contribution in [0.1, 0.15) is 39.2 Å². The topological polar surface area (TPSA) is 52.7 Å². The van der Waals surface area contributed by atoms with E-state index in [1.807, 2.05) is 47.4 Å². The monoisotopic (exact) mass is 423 g/mol. The molecule has 5 nitrogen and oxygen atoms in total. The van der Waals surface area contributed by atoms with Gasteiger partial charge in [-0.3, -0.25) is 9.59 Å². The van der Waals surface area contributed by atoms with Gasteiger partial charge in [-0.05, 0) is 57.0 Å². The zero-order valence-electron chi connectivity index (χ0n) is 17.8. The molecule has 2 heterocycles. The zero-order chi connectivity index (χ0) is 21.3. The molecule has 0 spiro atoms. The number of fused-ring (bicyclic) bond motifs is 1. The molecule has 2 atom stereocenters. The second-order valence-corrected chi connectivity index (χ2v) is 9.45. The molecule has 0 radical (unpaired) electrons. The van der Waals surface area contributed by atoms with Gasteiger partial charge in [0.1, 0.15) is 10.9 Å². The van der Waals surface area contributed by atoms with Crippen molar-refractivity contribution in [2.24, 2.45) is 0 Å². The first-order valence-corrected chi connectivity index (χ1v) is 11.6. The number of thioether (sulfide) groups is 1. The summed E-state index contributed by atoms with van der Waals surface area (Å²) in [5.74, 6) is 0.566. The SMILES string of the molecule is CCN(c1ccc(NC(=O)[C@H]2CS[C@]3(c4ccccc4)CCC(=O)N23)cc1)C(C)C. The van der Waals surface area contributed by atoms with Crippen LogP contribution in [0.2, 0.25) is 0 Å². The average Bonchev–Trinajstić information content (AvgIpc) is 3.29. The second kappa shape index (κ2) is 8.34. The summed E-state index contributed by atoms with van der Waals surface area (Å²) in [6.45, 7) is 7.41. The Kier molecular flexibility index (Phi) is 5.78. The van der Waals surface area contributed by atoms with Gasteiger partial charge in [0.05, 0.1) is 0 Å². The van der Waals surface area contributed by atoms with Crippen LogP contribution < -0.4 is 10.2 Å². The van der Waals surface area contributed by atoms with Crippen LogP contribution in [0.5, 0.6) is 0 Å². The lowest BCUT2D eigenvalue weighted by atomic mass is 10.0. The lowest BCUT2D eigenvalue weighted by molar-refractivity contribution is -0.136. The van der Waals surface area contributed by atoms with E-state index in [1.54, 1.807) is 11.8 Å². The molecule has 6 heteroatoms. The second-order valence-electron chi connectivity index (χ2n) is 8.16. The molecule has 0 unspecified atom stereocenters. The van der Waals surface area contributed by atoms with Gasteiger partial charge < -0.3 is 15.1 Å². The summed E-state index contributed by atoms with van der Waals surface area (Å²) in [6.07, 6.45) is 1.24. The van der Waals surface area contributed by atoms with Gasteiger partial charge in [-0.1, -0.05) is 30.3 Å². The number of anilines is 2. The standard InChI is InChI=1S/C24H29N3O2S/c1-4-26(17(2)3)20-12-10-19(11-13-20)25-23(29)21-16-30-24(15-14-22(28)27(21)24)18-8-6-5-7-9-18/h5-13,17,21H,4,14-16H2,1-3H3,(H,25,29)/t21-,24+/m1/s1. The number of amides is 2. The summed E-state index contributed by atoms with van der Waals surface area (Å²) >= 11 is 1.71. The predicted molar refractivity (Wildman–Crippen MR) is 124 cm³/mol. The van der Waals surface area contributed by atoms with E-state index in [-0.39, 0.29) is 11.8 Å². The van der Waals surface area contributed by atoms with Gasteiger partial charge in [0.2, 0.25) is 11.8 Å². The number of nitrogens with one attached hydrogen (secondary N) is 1. The van der Waals surface area contributed by atoms with Gasteiger partial charge in [0.25, 0.3) is 0 Å². The van der Waals surface area contributed by atoms with Crippen LogP contribution in [0, 0.1) is 0 Å². The summed E-state index contributed by atoms with van der Waals surface area (Å²) in [5, 5.41) is 3.03. The fourth-order valence-electron chi connectivity index (χ4n) is 4.64. The number of carbonyl (C=O) groups is 2. The molecule has 2 aromatic carbocycles. The maximum Gasteiger partial charge on any atom is 0.248 e. The molecule has 1 N–H and O–H groups in total. The number of rotatable bonds is 6. The van der Waals surface area contributed by atoms with Crippen LogP contribution >= 0.6 is 11.8 Å². The number of nitrogens with zero attached hydrogens (tertiary/aromatic N) is 2. The Morgan fingerprint density at radius 3 is 2.53 bits per heavy atom. The van der Waals surface area contributed by atoms with Crippen molar-refractivity contribution >= 4 is 35.0 Å². The highest BCUT2D eigenvalue weighted by molar-refractivity contribution is 8.00. The molecule has 2 aliphatic rings. The quantitative estimate of drug-likeness (QED) is 0.746. The van der Waals surface area contributed by atoms with Crippen molar-refractivity contribution in [3.63, 3.8) is 0 Å². The maximum atomic E-state index is 13.1. The molecule has 2 fully saturated rings. The molecule has 0 aliphatic carbocycles. The molecule has 30 heavy (non-hydrogen) atoms. The smallest absolute Gasteiger partial charge is 0.248 e. The van der Waals surface area contributed by atoms with Crippen molar-refractivity contribution in [2.45, 2.75) is 50.6 Å². The molecule has 4 rings (SSSR count).